The van der Waals surface area contributed by atoms with E-state index in [-0.39, 0.29) is 18.7 Å². The number of nitrogens with zero attached hydrogens (tertiary/aromatic N) is 1. The van der Waals surface area contributed by atoms with Crippen molar-refractivity contribution in [2.45, 2.75) is 19.3 Å². The van der Waals surface area contributed by atoms with E-state index in [1.54, 1.807) is 35.6 Å². The second-order valence-electron chi connectivity index (χ2n) is 7.41. The second kappa shape index (κ2) is 10.6. The third kappa shape index (κ3) is 6.54. The number of carboxylic acid groups (broad SMARTS) is 1. The molecule has 0 unspecified atom stereocenters. The smallest absolute Gasteiger partial charge is 0.303 e. The maximum absolute atomic E-state index is 12.6. The van der Waals surface area contributed by atoms with Crippen molar-refractivity contribution in [2.24, 2.45) is 0 Å². The predicted molar refractivity (Wildman–Crippen MR) is 130 cm³/mol. The van der Waals surface area contributed by atoms with E-state index >= 15 is 0 Å². The van der Waals surface area contributed by atoms with Gasteiger partial charge in [0, 0.05) is 23.9 Å². The number of aliphatic carboxylic acids is 1. The van der Waals surface area contributed by atoms with Crippen LogP contribution in [0.25, 0.3) is 10.2 Å². The highest BCUT2D eigenvalue weighted by Crippen LogP contribution is 2.29. The van der Waals surface area contributed by atoms with Crippen LogP contribution in [0, 0.1) is 0 Å². The molecular formula is C25H23N3O4S. The molecule has 3 N–H and O–H groups in total. The second-order valence-corrected chi connectivity index (χ2v) is 8.44. The molecule has 4 aromatic rings. The molecule has 1 heterocycles. The quantitative estimate of drug-likeness (QED) is 0.271. The number of amides is 1. The number of fused-ring (bicyclic) bond motifs is 1. The maximum Gasteiger partial charge on any atom is 0.303 e. The number of anilines is 3. The average molecular weight is 462 g/mol. The zero-order valence-corrected chi connectivity index (χ0v) is 18.6. The highest BCUT2D eigenvalue weighted by atomic mass is 32.1. The van der Waals surface area contributed by atoms with Crippen LogP contribution in [0.3, 0.4) is 0 Å². The van der Waals surface area contributed by atoms with E-state index in [2.05, 4.69) is 15.6 Å². The summed E-state index contributed by atoms with van der Waals surface area (Å²) in [4.78, 5) is 27.8. The van der Waals surface area contributed by atoms with E-state index in [1.165, 1.54) is 0 Å². The summed E-state index contributed by atoms with van der Waals surface area (Å²) in [6, 6.07) is 22.8. The first kappa shape index (κ1) is 22.3. The summed E-state index contributed by atoms with van der Waals surface area (Å²) >= 11 is 1.54. The monoisotopic (exact) mass is 461 g/mol. The van der Waals surface area contributed by atoms with Crippen molar-refractivity contribution in [3.05, 3.63) is 78.4 Å². The van der Waals surface area contributed by atoms with Gasteiger partial charge in [-0.3, -0.25) is 9.59 Å². The fourth-order valence-corrected chi connectivity index (χ4v) is 4.19. The van der Waals surface area contributed by atoms with Crippen molar-refractivity contribution in [1.29, 1.82) is 0 Å². The van der Waals surface area contributed by atoms with E-state index in [1.807, 2.05) is 48.5 Å². The largest absolute Gasteiger partial charge is 0.494 e. The van der Waals surface area contributed by atoms with E-state index in [9.17, 15) is 9.59 Å². The summed E-state index contributed by atoms with van der Waals surface area (Å²) in [7, 11) is 0. The Kier molecular flexibility index (Phi) is 7.16. The highest BCUT2D eigenvalue weighted by molar-refractivity contribution is 7.22. The zero-order chi connectivity index (χ0) is 23.0. The number of hydrogen-bond donors (Lipinski definition) is 3. The van der Waals surface area contributed by atoms with Crippen molar-refractivity contribution in [2.75, 3.05) is 17.2 Å². The molecule has 0 saturated carbocycles. The lowest BCUT2D eigenvalue weighted by Gasteiger charge is -2.09. The van der Waals surface area contributed by atoms with Gasteiger partial charge in [0.05, 0.1) is 23.2 Å². The summed E-state index contributed by atoms with van der Waals surface area (Å²) in [6.45, 7) is 0.305. The molecule has 0 fully saturated rings. The van der Waals surface area contributed by atoms with Crippen LogP contribution in [0.2, 0.25) is 0 Å². The molecule has 0 bridgehead atoms. The molecule has 0 aliphatic carbocycles. The molecule has 4 rings (SSSR count). The summed E-state index contributed by atoms with van der Waals surface area (Å²) in [5.74, 6) is -0.396. The summed E-state index contributed by atoms with van der Waals surface area (Å²) < 4.78 is 6.57. The number of nitrogens with one attached hydrogen (secondary N) is 2. The van der Waals surface area contributed by atoms with E-state index < -0.39 is 5.97 Å². The Bertz CT molecular complexity index is 1260. The molecular weight excluding hydrogens is 438 g/mol. The summed E-state index contributed by atoms with van der Waals surface area (Å²) in [5, 5.41) is 15.7. The molecule has 33 heavy (non-hydrogen) atoms. The minimum Gasteiger partial charge on any atom is -0.494 e. The highest BCUT2D eigenvalue weighted by Gasteiger charge is 2.09. The summed E-state index contributed by atoms with van der Waals surface area (Å²) in [6.07, 6.45) is 0.720. The van der Waals surface area contributed by atoms with Gasteiger partial charge >= 0.3 is 5.97 Å². The number of para-hydroxylation sites is 1. The van der Waals surface area contributed by atoms with Crippen LogP contribution in [0.1, 0.15) is 18.4 Å². The average Bonchev–Trinajstić information content (AvgIpc) is 3.19. The van der Waals surface area contributed by atoms with Gasteiger partial charge in [0.1, 0.15) is 5.75 Å². The number of ether oxygens (including phenoxy) is 1. The van der Waals surface area contributed by atoms with Gasteiger partial charge in [0.2, 0.25) is 5.91 Å². The third-order valence-corrected chi connectivity index (χ3v) is 5.70. The van der Waals surface area contributed by atoms with Gasteiger partial charge < -0.3 is 20.5 Å². The Hall–Kier alpha value is -3.91. The Morgan fingerprint density at radius 3 is 2.61 bits per heavy atom. The molecule has 0 saturated heterocycles. The first-order valence-electron chi connectivity index (χ1n) is 10.5. The molecule has 0 atom stereocenters. The number of carbonyl (C=O) groups excluding carboxylic acids is 1. The molecule has 0 aliphatic heterocycles. The molecule has 8 heteroatoms. The number of rotatable bonds is 10. The molecule has 0 aliphatic rings. The van der Waals surface area contributed by atoms with E-state index in [0.29, 0.717) is 24.5 Å². The predicted octanol–water partition coefficient (Wildman–Crippen LogP) is 5.46. The van der Waals surface area contributed by atoms with Crippen LogP contribution in [-0.4, -0.2) is 28.6 Å². The Morgan fingerprint density at radius 2 is 1.79 bits per heavy atom. The Labute approximate surface area is 195 Å². The van der Waals surface area contributed by atoms with Crippen molar-refractivity contribution in [1.82, 2.24) is 4.98 Å². The van der Waals surface area contributed by atoms with Gasteiger partial charge in [-0.25, -0.2) is 4.98 Å². The van der Waals surface area contributed by atoms with Crippen molar-refractivity contribution >= 4 is 49.9 Å². The maximum atomic E-state index is 12.6. The fraction of sp³-hybridized carbons (Fsp3) is 0.160. The normalized spacial score (nSPS) is 10.7. The molecule has 0 spiro atoms. The standard InChI is InChI=1S/C25H23N3O4S/c29-23(26-19-8-4-9-20(16-19)32-13-5-10-24(30)31)15-17-11-12-21-22(14-17)33-25(28-21)27-18-6-2-1-3-7-18/h1-4,6-9,11-12,14,16H,5,10,13,15H2,(H,26,29)(H,27,28)(H,30,31). The molecule has 1 amide bonds. The van der Waals surface area contributed by atoms with Crippen LogP contribution in [0.4, 0.5) is 16.5 Å². The third-order valence-electron chi connectivity index (χ3n) is 4.76. The van der Waals surface area contributed by atoms with Crippen molar-refractivity contribution < 1.29 is 19.4 Å². The van der Waals surface area contributed by atoms with Gasteiger partial charge in [-0.1, -0.05) is 41.7 Å². The minimum absolute atomic E-state index is 0.0599. The fourth-order valence-electron chi connectivity index (χ4n) is 3.25. The van der Waals surface area contributed by atoms with Gasteiger partial charge in [-0.15, -0.1) is 0 Å². The molecule has 7 nitrogen and oxygen atoms in total. The number of hydrogen-bond acceptors (Lipinski definition) is 6. The Balaban J connectivity index is 1.35. The van der Waals surface area contributed by atoms with Gasteiger partial charge in [0.15, 0.2) is 5.13 Å². The number of thiazole rings is 1. The number of carbonyl (C=O) groups is 2. The first-order chi connectivity index (χ1) is 16.0. The van der Waals surface area contributed by atoms with Crippen LogP contribution < -0.4 is 15.4 Å². The van der Waals surface area contributed by atoms with Gasteiger partial charge in [-0.2, -0.15) is 0 Å². The van der Waals surface area contributed by atoms with Gasteiger partial charge in [-0.05, 0) is 48.4 Å². The topological polar surface area (TPSA) is 101 Å². The Morgan fingerprint density at radius 1 is 0.970 bits per heavy atom. The molecule has 1 aromatic heterocycles. The van der Waals surface area contributed by atoms with Crippen LogP contribution in [0.15, 0.2) is 72.8 Å². The number of aromatic nitrogens is 1. The zero-order valence-electron chi connectivity index (χ0n) is 17.8. The summed E-state index contributed by atoms with van der Waals surface area (Å²) in [5.41, 5.74) is 3.39. The minimum atomic E-state index is -0.847. The van der Waals surface area contributed by atoms with Gasteiger partial charge in [0.25, 0.3) is 0 Å². The molecule has 168 valence electrons. The van der Waals surface area contributed by atoms with Crippen LogP contribution >= 0.6 is 11.3 Å². The lowest BCUT2D eigenvalue weighted by molar-refractivity contribution is -0.137. The van der Waals surface area contributed by atoms with Crippen molar-refractivity contribution in [3.8, 4) is 5.75 Å². The van der Waals surface area contributed by atoms with E-state index in [4.69, 9.17) is 9.84 Å². The number of benzene rings is 3. The van der Waals surface area contributed by atoms with Crippen LogP contribution in [0.5, 0.6) is 5.75 Å². The number of carboxylic acids is 1. The lowest BCUT2D eigenvalue weighted by atomic mass is 10.1. The first-order valence-corrected chi connectivity index (χ1v) is 11.3. The lowest BCUT2D eigenvalue weighted by Crippen LogP contribution is -2.14. The van der Waals surface area contributed by atoms with E-state index in [0.717, 1.165) is 26.6 Å². The SMILES string of the molecule is O=C(O)CCCOc1cccc(NC(=O)Cc2ccc3nc(Nc4ccccc4)sc3c2)c1. The van der Waals surface area contributed by atoms with Crippen LogP contribution in [-0.2, 0) is 16.0 Å². The van der Waals surface area contributed by atoms with Crippen molar-refractivity contribution in [3.63, 3.8) is 0 Å². The molecule has 0 radical (unpaired) electrons. The molecule has 3 aromatic carbocycles.